The number of thiazole rings is 1. The summed E-state index contributed by atoms with van der Waals surface area (Å²) in [5.74, 6) is -0.788. The first-order valence-electron chi connectivity index (χ1n) is 8.92. The first-order valence-corrected chi connectivity index (χ1v) is 9.74. The van der Waals surface area contributed by atoms with E-state index in [1.807, 2.05) is 25.1 Å². The van der Waals surface area contributed by atoms with Crippen LogP contribution in [-0.2, 0) is 4.74 Å². The number of aromatic nitrogens is 1. The van der Waals surface area contributed by atoms with Crippen molar-refractivity contribution in [1.82, 2.24) is 15.8 Å². The van der Waals surface area contributed by atoms with Crippen molar-refractivity contribution in [3.8, 4) is 0 Å². The molecule has 9 heteroatoms. The number of carbonyl (C=O) groups excluding carboxylic acids is 2. The second-order valence-electron chi connectivity index (χ2n) is 6.57. The summed E-state index contributed by atoms with van der Waals surface area (Å²) in [6.07, 6.45) is 0. The lowest BCUT2D eigenvalue weighted by molar-refractivity contribution is 0.0833. The minimum Gasteiger partial charge on any atom is -0.451 e. The molecule has 4 rings (SSSR count). The molecule has 1 aliphatic heterocycles. The van der Waals surface area contributed by atoms with E-state index < -0.39 is 11.8 Å². The van der Waals surface area contributed by atoms with Crippen LogP contribution in [-0.4, -0.2) is 43.1 Å². The Morgan fingerprint density at radius 3 is 2.64 bits per heavy atom. The zero-order valence-electron chi connectivity index (χ0n) is 15.6. The molecule has 1 aromatic carbocycles. The van der Waals surface area contributed by atoms with Crippen molar-refractivity contribution in [2.45, 2.75) is 13.8 Å². The minimum absolute atomic E-state index is 0.135. The van der Waals surface area contributed by atoms with E-state index in [0.717, 1.165) is 29.2 Å². The quantitative estimate of drug-likeness (QED) is 0.656. The Balaban J connectivity index is 1.42. The number of hydrazine groups is 1. The van der Waals surface area contributed by atoms with Gasteiger partial charge in [0.1, 0.15) is 10.5 Å². The number of aryl methyl sites for hydroxylation is 2. The van der Waals surface area contributed by atoms with Crippen molar-refractivity contribution >= 4 is 39.3 Å². The molecule has 28 heavy (non-hydrogen) atoms. The molecule has 3 heterocycles. The van der Waals surface area contributed by atoms with E-state index in [2.05, 4.69) is 20.7 Å². The number of nitrogens with one attached hydrogen (secondary N) is 2. The molecule has 0 atom stereocenters. The van der Waals surface area contributed by atoms with Crippen LogP contribution in [0.1, 0.15) is 31.5 Å². The zero-order chi connectivity index (χ0) is 19.7. The molecule has 2 amide bonds. The third-order valence-corrected chi connectivity index (χ3v) is 5.68. The van der Waals surface area contributed by atoms with Gasteiger partial charge in [-0.15, -0.1) is 0 Å². The minimum atomic E-state index is -0.516. The van der Waals surface area contributed by atoms with Crippen molar-refractivity contribution in [2.24, 2.45) is 0 Å². The number of anilines is 1. The zero-order valence-corrected chi connectivity index (χ0v) is 16.4. The van der Waals surface area contributed by atoms with Crippen LogP contribution in [0.3, 0.4) is 0 Å². The Kier molecular flexibility index (Phi) is 5.01. The van der Waals surface area contributed by atoms with Gasteiger partial charge >= 0.3 is 5.91 Å². The first kappa shape index (κ1) is 18.5. The molecule has 0 aliphatic carbocycles. The lowest BCUT2D eigenvalue weighted by Crippen LogP contribution is -2.41. The third kappa shape index (κ3) is 3.71. The molecule has 146 valence electrons. The van der Waals surface area contributed by atoms with Gasteiger partial charge < -0.3 is 14.1 Å². The van der Waals surface area contributed by atoms with Crippen molar-refractivity contribution in [3.05, 3.63) is 46.2 Å². The molecule has 0 unspecified atom stereocenters. The maximum atomic E-state index is 12.5. The van der Waals surface area contributed by atoms with E-state index >= 15 is 0 Å². The SMILES string of the molecule is Cc1ccc2oc(C(=O)NNC(=O)c3sc(N4CCOCC4)nc3C)cc2c1. The topological polar surface area (TPSA) is 96.7 Å². The van der Waals surface area contributed by atoms with Crippen LogP contribution in [0, 0.1) is 13.8 Å². The van der Waals surface area contributed by atoms with E-state index in [9.17, 15) is 9.59 Å². The van der Waals surface area contributed by atoms with Gasteiger partial charge in [-0.3, -0.25) is 20.4 Å². The molecule has 2 N–H and O–H groups in total. The van der Waals surface area contributed by atoms with Gasteiger partial charge in [-0.1, -0.05) is 23.0 Å². The monoisotopic (exact) mass is 400 g/mol. The lowest BCUT2D eigenvalue weighted by Gasteiger charge is -2.25. The molecule has 1 saturated heterocycles. The van der Waals surface area contributed by atoms with Gasteiger partial charge in [0.15, 0.2) is 10.9 Å². The highest BCUT2D eigenvalue weighted by molar-refractivity contribution is 7.17. The van der Waals surface area contributed by atoms with Gasteiger partial charge in [-0.2, -0.15) is 0 Å². The van der Waals surface area contributed by atoms with E-state index in [4.69, 9.17) is 9.15 Å². The predicted molar refractivity (Wildman–Crippen MR) is 106 cm³/mol. The van der Waals surface area contributed by atoms with Crippen LogP contribution < -0.4 is 15.8 Å². The van der Waals surface area contributed by atoms with E-state index in [1.54, 1.807) is 13.0 Å². The Morgan fingerprint density at radius 1 is 1.11 bits per heavy atom. The molecule has 3 aromatic rings. The van der Waals surface area contributed by atoms with Crippen LogP contribution in [0.25, 0.3) is 11.0 Å². The largest absolute Gasteiger partial charge is 0.451 e. The summed E-state index contributed by atoms with van der Waals surface area (Å²) < 4.78 is 10.9. The normalized spacial score (nSPS) is 14.3. The fourth-order valence-electron chi connectivity index (χ4n) is 2.99. The fourth-order valence-corrected chi connectivity index (χ4v) is 4.00. The molecule has 0 radical (unpaired) electrons. The Morgan fingerprint density at radius 2 is 1.86 bits per heavy atom. The Labute approximate surface area is 165 Å². The number of nitrogens with zero attached hydrogens (tertiary/aromatic N) is 2. The number of hydrogen-bond donors (Lipinski definition) is 2. The lowest BCUT2D eigenvalue weighted by atomic mass is 10.2. The third-order valence-electron chi connectivity index (χ3n) is 4.46. The van der Waals surface area contributed by atoms with Gasteiger partial charge in [0, 0.05) is 18.5 Å². The van der Waals surface area contributed by atoms with Crippen molar-refractivity contribution < 1.29 is 18.7 Å². The van der Waals surface area contributed by atoms with Crippen LogP contribution in [0.4, 0.5) is 5.13 Å². The maximum absolute atomic E-state index is 12.5. The average molecular weight is 400 g/mol. The summed E-state index contributed by atoms with van der Waals surface area (Å²) in [7, 11) is 0. The Bertz CT molecular complexity index is 1040. The molecular formula is C19H20N4O4S. The summed E-state index contributed by atoms with van der Waals surface area (Å²) in [6, 6.07) is 7.31. The van der Waals surface area contributed by atoms with Crippen LogP contribution in [0.5, 0.6) is 0 Å². The van der Waals surface area contributed by atoms with Crippen LogP contribution >= 0.6 is 11.3 Å². The second-order valence-corrected chi connectivity index (χ2v) is 7.55. The summed E-state index contributed by atoms with van der Waals surface area (Å²) in [5.41, 5.74) is 7.16. The number of rotatable bonds is 3. The fraction of sp³-hybridized carbons (Fsp3) is 0.316. The van der Waals surface area contributed by atoms with Gasteiger partial charge in [0.2, 0.25) is 0 Å². The van der Waals surface area contributed by atoms with Crippen molar-refractivity contribution in [3.63, 3.8) is 0 Å². The number of amides is 2. The van der Waals surface area contributed by atoms with Gasteiger partial charge in [0.05, 0.1) is 18.9 Å². The van der Waals surface area contributed by atoms with Gasteiger partial charge in [-0.25, -0.2) is 4.98 Å². The van der Waals surface area contributed by atoms with Crippen LogP contribution in [0.2, 0.25) is 0 Å². The molecule has 0 spiro atoms. The average Bonchev–Trinajstić information content (AvgIpc) is 3.29. The predicted octanol–water partition coefficient (Wildman–Crippen LogP) is 2.42. The molecule has 1 aliphatic rings. The summed E-state index contributed by atoms with van der Waals surface area (Å²) >= 11 is 1.30. The molecule has 0 saturated carbocycles. The smallest absolute Gasteiger partial charge is 0.305 e. The van der Waals surface area contributed by atoms with Gasteiger partial charge in [0.25, 0.3) is 5.91 Å². The number of ether oxygens (including phenoxy) is 1. The van der Waals surface area contributed by atoms with Crippen molar-refractivity contribution in [2.75, 3.05) is 31.2 Å². The number of fused-ring (bicyclic) bond motifs is 1. The molecule has 0 bridgehead atoms. The highest BCUT2D eigenvalue weighted by Crippen LogP contribution is 2.26. The van der Waals surface area contributed by atoms with E-state index in [1.165, 1.54) is 11.3 Å². The van der Waals surface area contributed by atoms with Gasteiger partial charge in [-0.05, 0) is 32.0 Å². The van der Waals surface area contributed by atoms with Crippen LogP contribution in [0.15, 0.2) is 28.7 Å². The van der Waals surface area contributed by atoms with E-state index in [-0.39, 0.29) is 5.76 Å². The Hall–Kier alpha value is -2.91. The standard InChI is InChI=1S/C19H20N4O4S/c1-11-3-4-14-13(9-11)10-15(27-14)17(24)21-22-18(25)16-12(2)20-19(28-16)23-5-7-26-8-6-23/h3-4,9-10H,5-8H2,1-2H3,(H,21,24)(H,22,25). The molecule has 1 fully saturated rings. The molecule has 8 nitrogen and oxygen atoms in total. The molecular weight excluding hydrogens is 380 g/mol. The summed E-state index contributed by atoms with van der Waals surface area (Å²) in [6.45, 7) is 6.53. The number of furan rings is 1. The number of carbonyl (C=O) groups is 2. The summed E-state index contributed by atoms with van der Waals surface area (Å²) in [4.78, 5) is 31.8. The molecule has 2 aromatic heterocycles. The highest BCUT2D eigenvalue weighted by Gasteiger charge is 2.21. The highest BCUT2D eigenvalue weighted by atomic mass is 32.1. The number of benzene rings is 1. The van der Waals surface area contributed by atoms with E-state index in [0.29, 0.717) is 29.4 Å². The van der Waals surface area contributed by atoms with Crippen molar-refractivity contribution in [1.29, 1.82) is 0 Å². The number of hydrogen-bond acceptors (Lipinski definition) is 7. The summed E-state index contributed by atoms with van der Waals surface area (Å²) in [5, 5.41) is 1.62. The number of morpholine rings is 1. The first-order chi connectivity index (χ1) is 13.5. The maximum Gasteiger partial charge on any atom is 0.305 e. The second kappa shape index (κ2) is 7.61.